The summed E-state index contributed by atoms with van der Waals surface area (Å²) in [4.78, 5) is 16.6. The molecule has 2 aromatic carbocycles. The largest absolute Gasteiger partial charge is 0.387 e. The van der Waals surface area contributed by atoms with Gasteiger partial charge in [-0.25, -0.2) is 4.68 Å². The summed E-state index contributed by atoms with van der Waals surface area (Å²) in [6, 6.07) is 20.1. The molecule has 0 aliphatic carbocycles. The zero-order valence-electron chi connectivity index (χ0n) is 17.2. The number of benzene rings is 2. The Morgan fingerprint density at radius 2 is 1.84 bits per heavy atom. The molecular weight excluding hydrogens is 384 g/mol. The number of H-pyrrole nitrogens is 1. The molecule has 2 aromatic heterocycles. The summed E-state index contributed by atoms with van der Waals surface area (Å²) in [6.07, 6.45) is 10.1. The maximum atomic E-state index is 13.1. The molecule has 0 radical (unpaired) electrons. The lowest BCUT2D eigenvalue weighted by Gasteiger charge is -2.11. The lowest BCUT2D eigenvalue weighted by molar-refractivity contribution is 0.703. The highest BCUT2D eigenvalue weighted by atomic mass is 16.1. The van der Waals surface area contributed by atoms with E-state index in [1.165, 1.54) is 4.68 Å². The molecule has 1 aliphatic heterocycles. The zero-order chi connectivity index (χ0) is 21.2. The van der Waals surface area contributed by atoms with E-state index in [-0.39, 0.29) is 5.56 Å². The van der Waals surface area contributed by atoms with Crippen molar-refractivity contribution in [3.63, 3.8) is 0 Å². The van der Waals surface area contributed by atoms with Gasteiger partial charge in [-0.2, -0.15) is 5.10 Å². The lowest BCUT2D eigenvalue weighted by atomic mass is 10.0. The number of aromatic amines is 1. The Labute approximate surface area is 180 Å². The number of fused-ring (bicyclic) bond motifs is 1. The minimum atomic E-state index is -0.136. The van der Waals surface area contributed by atoms with E-state index in [0.717, 1.165) is 45.5 Å². The van der Waals surface area contributed by atoms with Crippen LogP contribution in [0.25, 0.3) is 39.9 Å². The molecule has 0 amide bonds. The fourth-order valence-electron chi connectivity index (χ4n) is 3.87. The Morgan fingerprint density at radius 1 is 1.03 bits per heavy atom. The second-order valence-corrected chi connectivity index (χ2v) is 7.48. The summed E-state index contributed by atoms with van der Waals surface area (Å²) >= 11 is 0. The summed E-state index contributed by atoms with van der Waals surface area (Å²) in [7, 11) is 1.70. The van der Waals surface area contributed by atoms with E-state index in [1.807, 2.05) is 54.7 Å². The van der Waals surface area contributed by atoms with Gasteiger partial charge in [-0.05, 0) is 30.0 Å². The number of aromatic nitrogens is 3. The van der Waals surface area contributed by atoms with E-state index < -0.39 is 0 Å². The fraction of sp³-hybridized carbons (Fsp3) is 0.0769. The summed E-state index contributed by atoms with van der Waals surface area (Å²) in [5.74, 6) is 0. The molecule has 4 aromatic rings. The standard InChI is InChI=1S/C26H22N4O/c1-30-26(31)22(17-24(29-30)19-13-15-27-16-14-19)25-21(12-11-18-7-3-2-4-8-18)20-9-5-6-10-23(20)28-25/h2-15,17,27-28H,16H2,1H3/b12-11+. The molecule has 0 unspecified atom stereocenters. The van der Waals surface area contributed by atoms with Gasteiger partial charge in [-0.3, -0.25) is 4.79 Å². The number of hydrogen-bond donors (Lipinski definition) is 2. The van der Waals surface area contributed by atoms with Gasteiger partial charge in [0, 0.05) is 35.6 Å². The van der Waals surface area contributed by atoms with Crippen molar-refractivity contribution in [2.24, 2.45) is 7.05 Å². The van der Waals surface area contributed by atoms with Gasteiger partial charge in [0.1, 0.15) is 0 Å². The van der Waals surface area contributed by atoms with Gasteiger partial charge in [-0.1, -0.05) is 66.8 Å². The molecule has 5 nitrogen and oxygen atoms in total. The lowest BCUT2D eigenvalue weighted by Crippen LogP contribution is -2.23. The number of nitrogens with one attached hydrogen (secondary N) is 2. The van der Waals surface area contributed by atoms with Gasteiger partial charge in [0.2, 0.25) is 0 Å². The molecule has 0 spiro atoms. The van der Waals surface area contributed by atoms with Crippen LogP contribution in [0.2, 0.25) is 0 Å². The predicted molar refractivity (Wildman–Crippen MR) is 127 cm³/mol. The topological polar surface area (TPSA) is 62.7 Å². The van der Waals surface area contributed by atoms with Crippen molar-refractivity contribution in [1.29, 1.82) is 0 Å². The number of allylic oxidation sites excluding steroid dienone is 2. The molecule has 2 N–H and O–H groups in total. The number of para-hydroxylation sites is 1. The van der Waals surface area contributed by atoms with Crippen LogP contribution in [0, 0.1) is 0 Å². The van der Waals surface area contributed by atoms with Crippen molar-refractivity contribution >= 4 is 28.6 Å². The Balaban J connectivity index is 1.71. The molecule has 31 heavy (non-hydrogen) atoms. The first-order valence-electron chi connectivity index (χ1n) is 10.2. The first-order valence-corrected chi connectivity index (χ1v) is 10.2. The normalized spacial score (nSPS) is 13.5. The minimum absolute atomic E-state index is 0.136. The smallest absolute Gasteiger partial charge is 0.275 e. The van der Waals surface area contributed by atoms with E-state index in [2.05, 4.69) is 51.8 Å². The summed E-state index contributed by atoms with van der Waals surface area (Å²) in [6.45, 7) is 0.739. The predicted octanol–water partition coefficient (Wildman–Crippen LogP) is 4.60. The van der Waals surface area contributed by atoms with Crippen molar-refractivity contribution < 1.29 is 0 Å². The van der Waals surface area contributed by atoms with Crippen molar-refractivity contribution in [3.05, 3.63) is 106 Å². The minimum Gasteiger partial charge on any atom is -0.387 e. The molecule has 5 heteroatoms. The fourth-order valence-corrected chi connectivity index (χ4v) is 3.87. The summed E-state index contributed by atoms with van der Waals surface area (Å²) in [5.41, 5.74) is 6.12. The monoisotopic (exact) mass is 406 g/mol. The number of nitrogens with zero attached hydrogens (tertiary/aromatic N) is 2. The number of rotatable bonds is 4. The molecule has 0 saturated heterocycles. The maximum Gasteiger partial charge on any atom is 0.275 e. The zero-order valence-corrected chi connectivity index (χ0v) is 17.2. The molecule has 0 atom stereocenters. The second-order valence-electron chi connectivity index (χ2n) is 7.48. The van der Waals surface area contributed by atoms with Crippen LogP contribution < -0.4 is 10.9 Å². The molecule has 152 valence electrons. The number of dihydropyridines is 1. The molecule has 3 heterocycles. The van der Waals surface area contributed by atoms with E-state index in [0.29, 0.717) is 5.56 Å². The van der Waals surface area contributed by atoms with Gasteiger partial charge in [0.05, 0.1) is 17.0 Å². The van der Waals surface area contributed by atoms with Crippen LogP contribution in [0.4, 0.5) is 0 Å². The van der Waals surface area contributed by atoms with Crippen LogP contribution in [0.5, 0.6) is 0 Å². The molecule has 5 rings (SSSR count). The maximum absolute atomic E-state index is 13.1. The highest BCUT2D eigenvalue weighted by Gasteiger charge is 2.17. The van der Waals surface area contributed by atoms with Gasteiger partial charge < -0.3 is 10.3 Å². The van der Waals surface area contributed by atoms with Crippen molar-refractivity contribution in [2.45, 2.75) is 0 Å². The number of hydrogen-bond acceptors (Lipinski definition) is 3. The van der Waals surface area contributed by atoms with Crippen LogP contribution in [0.1, 0.15) is 16.8 Å². The van der Waals surface area contributed by atoms with Crippen LogP contribution in [0.3, 0.4) is 0 Å². The highest BCUT2D eigenvalue weighted by Crippen LogP contribution is 2.31. The van der Waals surface area contributed by atoms with Crippen LogP contribution in [-0.4, -0.2) is 21.3 Å². The van der Waals surface area contributed by atoms with Crippen LogP contribution in [0.15, 0.2) is 83.8 Å². The molecule has 0 bridgehead atoms. The first-order chi connectivity index (χ1) is 15.2. The summed E-state index contributed by atoms with van der Waals surface area (Å²) in [5, 5.41) is 8.71. The van der Waals surface area contributed by atoms with Crippen LogP contribution in [-0.2, 0) is 7.05 Å². The Hall–Kier alpha value is -4.12. The molecular formula is C26H22N4O. The average Bonchev–Trinajstić information content (AvgIpc) is 3.19. The van der Waals surface area contributed by atoms with Gasteiger partial charge in [-0.15, -0.1) is 0 Å². The van der Waals surface area contributed by atoms with Crippen LogP contribution >= 0.6 is 0 Å². The van der Waals surface area contributed by atoms with E-state index in [9.17, 15) is 4.79 Å². The van der Waals surface area contributed by atoms with E-state index in [1.54, 1.807) is 7.05 Å². The van der Waals surface area contributed by atoms with Gasteiger partial charge in [0.25, 0.3) is 5.56 Å². The van der Waals surface area contributed by atoms with Crippen molar-refractivity contribution in [3.8, 4) is 11.3 Å². The highest BCUT2D eigenvalue weighted by molar-refractivity contribution is 5.99. The Morgan fingerprint density at radius 3 is 2.65 bits per heavy atom. The third-order valence-corrected chi connectivity index (χ3v) is 5.44. The average molecular weight is 406 g/mol. The molecule has 0 saturated carbocycles. The van der Waals surface area contributed by atoms with E-state index >= 15 is 0 Å². The van der Waals surface area contributed by atoms with Crippen molar-refractivity contribution in [1.82, 2.24) is 20.1 Å². The third-order valence-electron chi connectivity index (χ3n) is 5.44. The van der Waals surface area contributed by atoms with Gasteiger partial charge in [0.15, 0.2) is 0 Å². The molecule has 1 aliphatic rings. The van der Waals surface area contributed by atoms with Gasteiger partial charge >= 0.3 is 0 Å². The van der Waals surface area contributed by atoms with Crippen molar-refractivity contribution in [2.75, 3.05) is 6.54 Å². The quantitative estimate of drug-likeness (QED) is 0.521. The second kappa shape index (κ2) is 7.95. The third kappa shape index (κ3) is 3.62. The number of aryl methyl sites for hydroxylation is 1. The molecule has 0 fully saturated rings. The SMILES string of the molecule is Cn1nc(C2=CCNC=C2)cc(-c2[nH]c3ccccc3c2/C=C/c2ccccc2)c1=O. The van der Waals surface area contributed by atoms with E-state index in [4.69, 9.17) is 0 Å². The summed E-state index contributed by atoms with van der Waals surface area (Å²) < 4.78 is 1.41. The first kappa shape index (κ1) is 18.9. The Kier molecular flexibility index (Phi) is 4.84. The Bertz CT molecular complexity index is 1400.